The Hall–Kier alpha value is -1.17. The first-order valence-electron chi connectivity index (χ1n) is 5.12. The standard InChI is InChI=1S/C11H13FN2O2.ClH/c12-8-1-3-9(4-2-8)14-11(15)7-16-10-5-13-6-10;/h1-4,10,13H,5-7H2,(H,14,15);1H. The highest BCUT2D eigenvalue weighted by molar-refractivity contribution is 5.91. The Labute approximate surface area is 105 Å². The van der Waals surface area contributed by atoms with Crippen molar-refractivity contribution in [2.24, 2.45) is 0 Å². The van der Waals surface area contributed by atoms with Gasteiger partial charge in [0.2, 0.25) is 5.91 Å². The first-order valence-corrected chi connectivity index (χ1v) is 5.12. The Bertz CT molecular complexity index is 368. The van der Waals surface area contributed by atoms with Crippen molar-refractivity contribution in [3.8, 4) is 0 Å². The van der Waals surface area contributed by atoms with E-state index < -0.39 is 0 Å². The van der Waals surface area contributed by atoms with Crippen LogP contribution in [-0.4, -0.2) is 31.7 Å². The largest absolute Gasteiger partial charge is 0.366 e. The van der Waals surface area contributed by atoms with Gasteiger partial charge in [-0.15, -0.1) is 12.4 Å². The number of carbonyl (C=O) groups excluding carboxylic acids is 1. The van der Waals surface area contributed by atoms with Crippen molar-refractivity contribution in [1.82, 2.24) is 5.32 Å². The summed E-state index contributed by atoms with van der Waals surface area (Å²) in [5.74, 6) is -0.548. The third kappa shape index (κ3) is 4.30. The minimum Gasteiger partial charge on any atom is -0.366 e. The molecule has 1 amide bonds. The molecule has 0 aromatic heterocycles. The van der Waals surface area contributed by atoms with Crippen LogP contribution in [0.4, 0.5) is 10.1 Å². The molecule has 1 heterocycles. The van der Waals surface area contributed by atoms with Crippen LogP contribution < -0.4 is 10.6 Å². The molecule has 0 atom stereocenters. The number of hydrogen-bond acceptors (Lipinski definition) is 3. The first kappa shape index (κ1) is 13.9. The van der Waals surface area contributed by atoms with Gasteiger partial charge >= 0.3 is 0 Å². The molecule has 4 nitrogen and oxygen atoms in total. The lowest BCUT2D eigenvalue weighted by Gasteiger charge is -2.26. The van der Waals surface area contributed by atoms with Gasteiger partial charge in [-0.25, -0.2) is 4.39 Å². The summed E-state index contributed by atoms with van der Waals surface area (Å²) in [6, 6.07) is 5.62. The highest BCUT2D eigenvalue weighted by Gasteiger charge is 2.18. The van der Waals surface area contributed by atoms with E-state index in [0.717, 1.165) is 13.1 Å². The minimum atomic E-state index is -0.324. The molecule has 1 aliphatic rings. The normalized spacial score (nSPS) is 14.6. The van der Waals surface area contributed by atoms with E-state index in [4.69, 9.17) is 4.74 Å². The van der Waals surface area contributed by atoms with Gasteiger partial charge in [0.25, 0.3) is 0 Å². The van der Waals surface area contributed by atoms with Crippen LogP contribution in [0.1, 0.15) is 0 Å². The molecule has 2 N–H and O–H groups in total. The molecule has 1 aromatic carbocycles. The number of rotatable bonds is 4. The van der Waals surface area contributed by atoms with E-state index >= 15 is 0 Å². The van der Waals surface area contributed by atoms with Gasteiger partial charge in [-0.05, 0) is 24.3 Å². The van der Waals surface area contributed by atoms with E-state index in [9.17, 15) is 9.18 Å². The number of amides is 1. The molecule has 2 rings (SSSR count). The van der Waals surface area contributed by atoms with Crippen molar-refractivity contribution in [2.45, 2.75) is 6.10 Å². The zero-order valence-corrected chi connectivity index (χ0v) is 9.93. The average Bonchev–Trinajstić information content (AvgIpc) is 2.19. The maximum Gasteiger partial charge on any atom is 0.250 e. The molecular weight excluding hydrogens is 247 g/mol. The summed E-state index contributed by atoms with van der Waals surface area (Å²) >= 11 is 0. The maximum absolute atomic E-state index is 12.6. The van der Waals surface area contributed by atoms with Crippen molar-refractivity contribution in [3.63, 3.8) is 0 Å². The van der Waals surface area contributed by atoms with Crippen LogP contribution in [0.25, 0.3) is 0 Å². The lowest BCUT2D eigenvalue weighted by atomic mass is 10.2. The Morgan fingerprint density at radius 3 is 2.59 bits per heavy atom. The van der Waals surface area contributed by atoms with Crippen molar-refractivity contribution in [1.29, 1.82) is 0 Å². The van der Waals surface area contributed by atoms with E-state index in [0.29, 0.717) is 5.69 Å². The smallest absolute Gasteiger partial charge is 0.250 e. The zero-order valence-electron chi connectivity index (χ0n) is 9.11. The molecule has 0 spiro atoms. The maximum atomic E-state index is 12.6. The summed E-state index contributed by atoms with van der Waals surface area (Å²) in [4.78, 5) is 11.4. The van der Waals surface area contributed by atoms with Crippen molar-refractivity contribution >= 4 is 24.0 Å². The van der Waals surface area contributed by atoms with E-state index in [1.54, 1.807) is 0 Å². The lowest BCUT2D eigenvalue weighted by Crippen LogP contribution is -2.49. The van der Waals surface area contributed by atoms with E-state index in [1.165, 1.54) is 24.3 Å². The number of carbonyl (C=O) groups is 1. The second-order valence-electron chi connectivity index (χ2n) is 3.65. The fourth-order valence-electron chi connectivity index (χ4n) is 1.30. The van der Waals surface area contributed by atoms with Gasteiger partial charge in [0.1, 0.15) is 12.4 Å². The van der Waals surface area contributed by atoms with E-state index in [2.05, 4.69) is 10.6 Å². The molecule has 94 valence electrons. The van der Waals surface area contributed by atoms with Gasteiger partial charge in [0, 0.05) is 18.8 Å². The van der Waals surface area contributed by atoms with Gasteiger partial charge in [0.15, 0.2) is 0 Å². The van der Waals surface area contributed by atoms with Gasteiger partial charge in [-0.1, -0.05) is 0 Å². The number of benzene rings is 1. The topological polar surface area (TPSA) is 50.4 Å². The average molecular weight is 261 g/mol. The van der Waals surface area contributed by atoms with Crippen LogP contribution in [0.2, 0.25) is 0 Å². The second-order valence-corrected chi connectivity index (χ2v) is 3.65. The number of anilines is 1. The molecule has 0 unspecified atom stereocenters. The SMILES string of the molecule is Cl.O=C(COC1CNC1)Nc1ccc(F)cc1. The summed E-state index contributed by atoms with van der Waals surface area (Å²) in [6.07, 6.45) is 0.138. The zero-order chi connectivity index (χ0) is 11.4. The third-order valence-electron chi connectivity index (χ3n) is 2.32. The van der Waals surface area contributed by atoms with Gasteiger partial charge < -0.3 is 15.4 Å². The number of nitrogens with one attached hydrogen (secondary N) is 2. The summed E-state index contributed by atoms with van der Waals surface area (Å²) < 4.78 is 17.9. The monoisotopic (exact) mass is 260 g/mol. The van der Waals surface area contributed by atoms with Crippen LogP contribution in [0.3, 0.4) is 0 Å². The summed E-state index contributed by atoms with van der Waals surface area (Å²) in [5, 5.41) is 5.66. The number of halogens is 2. The van der Waals surface area contributed by atoms with Gasteiger partial charge in [-0.2, -0.15) is 0 Å². The third-order valence-corrected chi connectivity index (χ3v) is 2.32. The van der Waals surface area contributed by atoms with E-state index in [1.807, 2.05) is 0 Å². The summed E-state index contributed by atoms with van der Waals surface area (Å²) in [6.45, 7) is 1.62. The molecule has 0 saturated carbocycles. The number of ether oxygens (including phenoxy) is 1. The molecule has 1 aromatic rings. The molecule has 0 aliphatic carbocycles. The summed E-state index contributed by atoms with van der Waals surface area (Å²) in [5.41, 5.74) is 0.571. The van der Waals surface area contributed by atoms with Crippen molar-refractivity contribution in [3.05, 3.63) is 30.1 Å². The molecular formula is C11H14ClFN2O2. The fraction of sp³-hybridized carbons (Fsp3) is 0.364. The van der Waals surface area contributed by atoms with Crippen LogP contribution >= 0.6 is 12.4 Å². The van der Waals surface area contributed by atoms with Gasteiger partial charge in [0.05, 0.1) is 6.10 Å². The van der Waals surface area contributed by atoms with Crippen LogP contribution in [0, 0.1) is 5.82 Å². The highest BCUT2D eigenvalue weighted by Crippen LogP contribution is 2.08. The first-order chi connectivity index (χ1) is 7.74. The van der Waals surface area contributed by atoms with Crippen molar-refractivity contribution in [2.75, 3.05) is 25.0 Å². The minimum absolute atomic E-state index is 0. The molecule has 6 heteroatoms. The molecule has 1 aliphatic heterocycles. The van der Waals surface area contributed by atoms with Crippen LogP contribution in [0.15, 0.2) is 24.3 Å². The molecule has 1 saturated heterocycles. The molecule has 17 heavy (non-hydrogen) atoms. The Morgan fingerprint density at radius 2 is 2.06 bits per heavy atom. The predicted molar refractivity (Wildman–Crippen MR) is 64.9 cm³/mol. The molecule has 0 bridgehead atoms. The van der Waals surface area contributed by atoms with E-state index in [-0.39, 0.29) is 36.8 Å². The van der Waals surface area contributed by atoms with Gasteiger partial charge in [-0.3, -0.25) is 4.79 Å². The van der Waals surface area contributed by atoms with Crippen LogP contribution in [-0.2, 0) is 9.53 Å². The fourth-order valence-corrected chi connectivity index (χ4v) is 1.30. The Kier molecular flexibility index (Phi) is 5.34. The molecule has 1 fully saturated rings. The highest BCUT2D eigenvalue weighted by atomic mass is 35.5. The second kappa shape index (κ2) is 6.54. The van der Waals surface area contributed by atoms with Crippen LogP contribution in [0.5, 0.6) is 0 Å². The quantitative estimate of drug-likeness (QED) is 0.855. The Morgan fingerprint density at radius 1 is 1.41 bits per heavy atom. The van der Waals surface area contributed by atoms with Crippen molar-refractivity contribution < 1.29 is 13.9 Å². The molecule has 0 radical (unpaired) electrons. The number of hydrogen-bond donors (Lipinski definition) is 2. The lowest BCUT2D eigenvalue weighted by molar-refractivity contribution is -0.123. The predicted octanol–water partition coefficient (Wildman–Crippen LogP) is 1.17. The summed E-state index contributed by atoms with van der Waals surface area (Å²) in [7, 11) is 0. The Balaban J connectivity index is 0.00000144.